The number of H-pyrrole nitrogens is 1. The van der Waals surface area contributed by atoms with Gasteiger partial charge in [-0.05, 0) is 36.4 Å². The lowest BCUT2D eigenvalue weighted by molar-refractivity contribution is 0.0688. The summed E-state index contributed by atoms with van der Waals surface area (Å²) in [6.45, 7) is 0. The number of halogens is 2. The van der Waals surface area contributed by atoms with Crippen molar-refractivity contribution in [3.8, 4) is 0 Å². The van der Waals surface area contributed by atoms with E-state index in [4.69, 9.17) is 23.2 Å². The van der Waals surface area contributed by atoms with Crippen LogP contribution in [0.25, 0.3) is 10.9 Å². The molecular formula is C15H9Cl2NO2S. The highest BCUT2D eigenvalue weighted by molar-refractivity contribution is 7.99. The van der Waals surface area contributed by atoms with Crippen LogP contribution in [-0.2, 0) is 0 Å². The van der Waals surface area contributed by atoms with Crippen molar-refractivity contribution in [2.24, 2.45) is 0 Å². The van der Waals surface area contributed by atoms with Crippen LogP contribution in [0.2, 0.25) is 10.0 Å². The molecule has 3 rings (SSSR count). The monoisotopic (exact) mass is 337 g/mol. The number of carboxylic acid groups (broad SMARTS) is 1. The van der Waals surface area contributed by atoms with E-state index in [9.17, 15) is 9.90 Å². The Balaban J connectivity index is 2.13. The average Bonchev–Trinajstić information content (AvgIpc) is 2.79. The zero-order chi connectivity index (χ0) is 15.0. The third-order valence-corrected chi connectivity index (χ3v) is 4.58. The number of aromatic nitrogens is 1. The summed E-state index contributed by atoms with van der Waals surface area (Å²) in [6.07, 6.45) is 0. The summed E-state index contributed by atoms with van der Waals surface area (Å²) in [6, 6.07) is 12.5. The highest BCUT2D eigenvalue weighted by atomic mass is 35.5. The van der Waals surface area contributed by atoms with Crippen LogP contribution in [-0.4, -0.2) is 16.1 Å². The van der Waals surface area contributed by atoms with Gasteiger partial charge in [-0.3, -0.25) is 0 Å². The Morgan fingerprint density at radius 3 is 2.38 bits per heavy atom. The molecule has 1 heterocycles. The molecule has 2 aromatic carbocycles. The van der Waals surface area contributed by atoms with E-state index >= 15 is 0 Å². The molecule has 6 heteroatoms. The number of fused-ring (bicyclic) bond motifs is 1. The van der Waals surface area contributed by atoms with E-state index in [-0.39, 0.29) is 5.69 Å². The first-order valence-electron chi connectivity index (χ1n) is 6.02. The minimum Gasteiger partial charge on any atom is -0.477 e. The quantitative estimate of drug-likeness (QED) is 0.679. The van der Waals surface area contributed by atoms with Crippen LogP contribution in [0.3, 0.4) is 0 Å². The van der Waals surface area contributed by atoms with Gasteiger partial charge in [0.15, 0.2) is 0 Å². The first-order valence-corrected chi connectivity index (χ1v) is 7.60. The Kier molecular flexibility index (Phi) is 3.85. The van der Waals surface area contributed by atoms with Crippen molar-refractivity contribution in [2.45, 2.75) is 9.79 Å². The van der Waals surface area contributed by atoms with Crippen molar-refractivity contribution in [1.82, 2.24) is 4.98 Å². The highest BCUT2D eigenvalue weighted by Gasteiger charge is 2.18. The highest BCUT2D eigenvalue weighted by Crippen LogP contribution is 2.37. The predicted octanol–water partition coefficient (Wildman–Crippen LogP) is 5.32. The molecule has 3 nitrogen and oxygen atoms in total. The number of rotatable bonds is 3. The molecule has 0 aliphatic heterocycles. The van der Waals surface area contributed by atoms with Crippen LogP contribution in [0.5, 0.6) is 0 Å². The molecular weight excluding hydrogens is 329 g/mol. The Morgan fingerprint density at radius 2 is 1.71 bits per heavy atom. The van der Waals surface area contributed by atoms with Gasteiger partial charge in [-0.2, -0.15) is 0 Å². The number of hydrogen-bond donors (Lipinski definition) is 2. The van der Waals surface area contributed by atoms with Crippen molar-refractivity contribution < 1.29 is 9.90 Å². The number of nitrogens with one attached hydrogen (secondary N) is 1. The summed E-state index contributed by atoms with van der Waals surface area (Å²) in [5, 5.41) is 11.4. The van der Waals surface area contributed by atoms with Crippen molar-refractivity contribution >= 4 is 51.8 Å². The second-order valence-electron chi connectivity index (χ2n) is 4.38. The first-order chi connectivity index (χ1) is 10.0. The lowest BCUT2D eigenvalue weighted by Gasteiger charge is -2.02. The first kappa shape index (κ1) is 14.3. The van der Waals surface area contributed by atoms with Gasteiger partial charge in [-0.1, -0.05) is 41.0 Å². The summed E-state index contributed by atoms with van der Waals surface area (Å²) in [7, 11) is 0. The largest absolute Gasteiger partial charge is 0.477 e. The van der Waals surface area contributed by atoms with Crippen LogP contribution in [0.4, 0.5) is 0 Å². The van der Waals surface area contributed by atoms with E-state index in [2.05, 4.69) is 4.98 Å². The second kappa shape index (κ2) is 5.64. The third-order valence-electron chi connectivity index (χ3n) is 2.96. The fraction of sp³-hybridized carbons (Fsp3) is 0. The molecule has 2 N–H and O–H groups in total. The molecule has 3 aromatic rings. The lowest BCUT2D eigenvalue weighted by atomic mass is 10.2. The molecule has 0 fully saturated rings. The second-order valence-corrected chi connectivity index (χ2v) is 6.34. The zero-order valence-electron chi connectivity index (χ0n) is 10.6. The van der Waals surface area contributed by atoms with Crippen LogP contribution in [0, 0.1) is 0 Å². The minimum absolute atomic E-state index is 0.159. The zero-order valence-corrected chi connectivity index (χ0v) is 12.9. The molecule has 0 aliphatic carbocycles. The summed E-state index contributed by atoms with van der Waals surface area (Å²) in [5.41, 5.74) is 0.864. The van der Waals surface area contributed by atoms with Crippen molar-refractivity contribution in [1.29, 1.82) is 0 Å². The van der Waals surface area contributed by atoms with Gasteiger partial charge in [0.05, 0.1) is 4.90 Å². The molecule has 1 aromatic heterocycles. The topological polar surface area (TPSA) is 53.1 Å². The van der Waals surface area contributed by atoms with Gasteiger partial charge in [0.25, 0.3) is 0 Å². The summed E-state index contributed by atoms with van der Waals surface area (Å²) < 4.78 is 0. The normalized spacial score (nSPS) is 11.0. The SMILES string of the molecule is O=C(O)c1[nH]c2cc(Cl)ccc2c1Sc1ccc(Cl)cc1. The predicted molar refractivity (Wildman–Crippen MR) is 85.8 cm³/mol. The number of aromatic carboxylic acids is 1. The van der Waals surface area contributed by atoms with Crippen molar-refractivity contribution in [2.75, 3.05) is 0 Å². The van der Waals surface area contributed by atoms with E-state index in [0.29, 0.717) is 20.5 Å². The number of carboxylic acids is 1. The average molecular weight is 338 g/mol. The Hall–Kier alpha value is -1.62. The van der Waals surface area contributed by atoms with E-state index in [1.165, 1.54) is 11.8 Å². The molecule has 0 radical (unpaired) electrons. The lowest BCUT2D eigenvalue weighted by Crippen LogP contribution is -1.97. The molecule has 106 valence electrons. The molecule has 0 atom stereocenters. The van der Waals surface area contributed by atoms with Gasteiger partial charge < -0.3 is 10.1 Å². The van der Waals surface area contributed by atoms with Gasteiger partial charge in [0.2, 0.25) is 0 Å². The van der Waals surface area contributed by atoms with Crippen LogP contribution in [0.15, 0.2) is 52.3 Å². The van der Waals surface area contributed by atoms with Gasteiger partial charge in [-0.25, -0.2) is 4.79 Å². The minimum atomic E-state index is -1.00. The summed E-state index contributed by atoms with van der Waals surface area (Å²) >= 11 is 13.2. The number of aromatic amines is 1. The van der Waals surface area contributed by atoms with Gasteiger partial charge in [0.1, 0.15) is 5.69 Å². The molecule has 0 amide bonds. The molecule has 0 saturated carbocycles. The fourth-order valence-electron chi connectivity index (χ4n) is 2.02. The van der Waals surface area contributed by atoms with E-state index in [1.807, 2.05) is 18.2 Å². The maximum Gasteiger partial charge on any atom is 0.353 e. The van der Waals surface area contributed by atoms with E-state index < -0.39 is 5.97 Å². The van der Waals surface area contributed by atoms with Crippen molar-refractivity contribution in [3.63, 3.8) is 0 Å². The smallest absolute Gasteiger partial charge is 0.353 e. The summed E-state index contributed by atoms with van der Waals surface area (Å²) in [5.74, 6) is -1.00. The third kappa shape index (κ3) is 2.88. The molecule has 21 heavy (non-hydrogen) atoms. The number of hydrogen-bond acceptors (Lipinski definition) is 2. The fourth-order valence-corrected chi connectivity index (χ4v) is 3.36. The number of carbonyl (C=O) groups is 1. The Bertz CT molecular complexity index is 828. The molecule has 0 unspecified atom stereocenters. The van der Waals surface area contributed by atoms with E-state index in [1.54, 1.807) is 24.3 Å². The molecule has 0 bridgehead atoms. The molecule has 0 spiro atoms. The number of benzene rings is 2. The summed E-state index contributed by atoms with van der Waals surface area (Å²) in [4.78, 5) is 15.9. The van der Waals surface area contributed by atoms with Crippen LogP contribution in [0.1, 0.15) is 10.5 Å². The molecule has 0 aliphatic rings. The molecule has 0 saturated heterocycles. The van der Waals surface area contributed by atoms with Gasteiger partial charge in [-0.15, -0.1) is 0 Å². The van der Waals surface area contributed by atoms with Gasteiger partial charge in [0, 0.05) is 25.8 Å². The standard InChI is InChI=1S/C15H9Cl2NO2S/c16-8-1-4-10(5-2-8)21-14-11-6-3-9(17)7-12(11)18-13(14)15(19)20/h1-7,18H,(H,19,20). The maximum atomic E-state index is 11.4. The van der Waals surface area contributed by atoms with Crippen molar-refractivity contribution in [3.05, 3.63) is 58.2 Å². The van der Waals surface area contributed by atoms with E-state index in [0.717, 1.165) is 10.3 Å². The Morgan fingerprint density at radius 1 is 1.05 bits per heavy atom. The maximum absolute atomic E-state index is 11.4. The van der Waals surface area contributed by atoms with Gasteiger partial charge >= 0.3 is 5.97 Å². The Labute approximate surface area is 134 Å². The van der Waals surface area contributed by atoms with Crippen LogP contribution >= 0.6 is 35.0 Å². The van der Waals surface area contributed by atoms with Crippen LogP contribution < -0.4 is 0 Å².